The van der Waals surface area contributed by atoms with Crippen molar-refractivity contribution in [2.24, 2.45) is 0 Å². The number of hydrogen-bond donors (Lipinski definition) is 0. The van der Waals surface area contributed by atoms with Crippen LogP contribution >= 0.6 is 0 Å². The number of sulfonamides is 1. The van der Waals surface area contributed by atoms with E-state index in [1.54, 1.807) is 29.2 Å². The second-order valence-corrected chi connectivity index (χ2v) is 10.4. The van der Waals surface area contributed by atoms with Gasteiger partial charge >= 0.3 is 0 Å². The number of hydrogen-bond acceptors (Lipinski definition) is 3. The van der Waals surface area contributed by atoms with E-state index >= 15 is 0 Å². The van der Waals surface area contributed by atoms with Gasteiger partial charge in [-0.2, -0.15) is 0 Å². The number of aryl methyl sites for hydroxylation is 3. The van der Waals surface area contributed by atoms with Gasteiger partial charge in [0.2, 0.25) is 5.91 Å². The lowest BCUT2D eigenvalue weighted by Crippen LogP contribution is -2.45. The van der Waals surface area contributed by atoms with E-state index in [-0.39, 0.29) is 23.4 Å². The first-order valence-corrected chi connectivity index (χ1v) is 12.2. The normalized spacial score (nSPS) is 15.5. The lowest BCUT2D eigenvalue weighted by molar-refractivity contribution is -0.117. The number of anilines is 2. The number of nitrogens with zero attached hydrogens (tertiary/aromatic N) is 2. The molecule has 0 bridgehead atoms. The van der Waals surface area contributed by atoms with Crippen LogP contribution in [0.5, 0.6) is 0 Å². The van der Waals surface area contributed by atoms with Gasteiger partial charge in [-0.3, -0.25) is 9.10 Å². The molecule has 0 radical (unpaired) electrons. The molecular formula is C26H28N2O3S. The summed E-state index contributed by atoms with van der Waals surface area (Å²) in [7, 11) is -3.94. The highest BCUT2D eigenvalue weighted by atomic mass is 32.2. The van der Waals surface area contributed by atoms with Gasteiger partial charge in [0.05, 0.1) is 10.6 Å². The molecule has 0 fully saturated rings. The van der Waals surface area contributed by atoms with Gasteiger partial charge < -0.3 is 4.90 Å². The number of fused-ring (bicyclic) bond motifs is 1. The van der Waals surface area contributed by atoms with Crippen LogP contribution < -0.4 is 9.21 Å². The summed E-state index contributed by atoms with van der Waals surface area (Å²) in [5.74, 6) is -0.237. The van der Waals surface area contributed by atoms with Crippen molar-refractivity contribution < 1.29 is 13.2 Å². The Morgan fingerprint density at radius 3 is 2.34 bits per heavy atom. The van der Waals surface area contributed by atoms with Gasteiger partial charge in [-0.15, -0.1) is 0 Å². The maximum absolute atomic E-state index is 13.7. The minimum atomic E-state index is -3.94. The summed E-state index contributed by atoms with van der Waals surface area (Å²) in [6.45, 7) is 7.42. The number of amides is 1. The topological polar surface area (TPSA) is 57.7 Å². The number of para-hydroxylation sites is 1. The van der Waals surface area contributed by atoms with Crippen LogP contribution in [0.3, 0.4) is 0 Å². The summed E-state index contributed by atoms with van der Waals surface area (Å²) in [5, 5.41) is 0. The summed E-state index contributed by atoms with van der Waals surface area (Å²) in [6.07, 6.45) is 0.760. The third-order valence-corrected chi connectivity index (χ3v) is 7.77. The van der Waals surface area contributed by atoms with E-state index < -0.39 is 10.0 Å². The van der Waals surface area contributed by atoms with E-state index in [4.69, 9.17) is 0 Å². The van der Waals surface area contributed by atoms with E-state index in [0.717, 1.165) is 34.4 Å². The Morgan fingerprint density at radius 2 is 1.62 bits per heavy atom. The van der Waals surface area contributed by atoms with Gasteiger partial charge in [0.1, 0.15) is 6.54 Å². The molecule has 0 unspecified atom stereocenters. The van der Waals surface area contributed by atoms with Gasteiger partial charge in [0.15, 0.2) is 0 Å². The van der Waals surface area contributed by atoms with Gasteiger partial charge in [0.25, 0.3) is 10.0 Å². The number of carbonyl (C=O) groups excluding carboxylic acids is 1. The van der Waals surface area contributed by atoms with Gasteiger partial charge in [-0.25, -0.2) is 8.42 Å². The predicted octanol–water partition coefficient (Wildman–Crippen LogP) is 4.78. The summed E-state index contributed by atoms with van der Waals surface area (Å²) in [5.41, 5.74) is 5.20. The maximum Gasteiger partial charge on any atom is 0.264 e. The molecule has 1 aliphatic heterocycles. The van der Waals surface area contributed by atoms with Crippen molar-refractivity contribution in [2.45, 2.75) is 45.1 Å². The van der Waals surface area contributed by atoms with Crippen molar-refractivity contribution in [3.05, 3.63) is 89.0 Å². The monoisotopic (exact) mass is 448 g/mol. The Morgan fingerprint density at radius 1 is 0.969 bits per heavy atom. The molecular weight excluding hydrogens is 420 g/mol. The quantitative estimate of drug-likeness (QED) is 0.564. The van der Waals surface area contributed by atoms with Crippen LogP contribution in [0.2, 0.25) is 0 Å². The molecule has 0 aromatic heterocycles. The summed E-state index contributed by atoms with van der Waals surface area (Å²) >= 11 is 0. The van der Waals surface area contributed by atoms with Crippen molar-refractivity contribution in [3.8, 4) is 0 Å². The molecule has 1 atom stereocenters. The Bertz CT molecular complexity index is 1270. The van der Waals surface area contributed by atoms with Gasteiger partial charge in [0, 0.05) is 11.7 Å². The standard InChI is InChI=1S/C26H28N2O3S/c1-18-10-13-23(14-11-18)32(30,31)27(25-15-19(2)9-12-20(25)3)17-26(29)28-21(4)16-22-7-5-6-8-24(22)28/h5-15,21H,16-17H2,1-4H3/t21-/m1/s1. The number of rotatable bonds is 5. The van der Waals surface area contributed by atoms with E-state index in [9.17, 15) is 13.2 Å². The van der Waals surface area contributed by atoms with E-state index in [0.29, 0.717) is 5.69 Å². The molecule has 0 N–H and O–H groups in total. The largest absolute Gasteiger partial charge is 0.307 e. The first kappa shape index (κ1) is 22.1. The van der Waals surface area contributed by atoms with Gasteiger partial charge in [-0.05, 0) is 75.1 Å². The molecule has 5 nitrogen and oxygen atoms in total. The zero-order valence-corrected chi connectivity index (χ0v) is 19.7. The zero-order valence-electron chi connectivity index (χ0n) is 18.9. The number of carbonyl (C=O) groups is 1. The Balaban J connectivity index is 1.77. The molecule has 4 rings (SSSR count). The number of benzene rings is 3. The molecule has 3 aromatic carbocycles. The van der Waals surface area contributed by atoms with Crippen molar-refractivity contribution >= 4 is 27.3 Å². The Labute approximate surface area is 190 Å². The zero-order chi connectivity index (χ0) is 23.0. The fourth-order valence-corrected chi connectivity index (χ4v) is 5.74. The second-order valence-electron chi connectivity index (χ2n) is 8.56. The Hall–Kier alpha value is -3.12. The molecule has 0 saturated carbocycles. The summed E-state index contributed by atoms with van der Waals surface area (Å²) in [4.78, 5) is 15.5. The van der Waals surface area contributed by atoms with Crippen LogP contribution in [0.15, 0.2) is 71.6 Å². The first-order chi connectivity index (χ1) is 15.2. The van der Waals surface area contributed by atoms with E-state index in [1.165, 1.54) is 4.31 Å². The fraction of sp³-hybridized carbons (Fsp3) is 0.269. The van der Waals surface area contributed by atoms with Crippen molar-refractivity contribution in [1.82, 2.24) is 0 Å². The minimum Gasteiger partial charge on any atom is -0.307 e. The van der Waals surface area contributed by atoms with E-state index in [1.807, 2.05) is 70.2 Å². The minimum absolute atomic E-state index is 0.0255. The van der Waals surface area contributed by atoms with Crippen LogP contribution in [0.4, 0.5) is 11.4 Å². The molecule has 3 aromatic rings. The molecule has 1 amide bonds. The molecule has 166 valence electrons. The highest BCUT2D eigenvalue weighted by molar-refractivity contribution is 7.92. The molecule has 0 spiro atoms. The molecule has 32 heavy (non-hydrogen) atoms. The highest BCUT2D eigenvalue weighted by Crippen LogP contribution is 2.33. The van der Waals surface area contributed by atoms with Crippen LogP contribution in [-0.4, -0.2) is 26.9 Å². The van der Waals surface area contributed by atoms with Crippen molar-refractivity contribution in [1.29, 1.82) is 0 Å². The molecule has 0 saturated heterocycles. The smallest absolute Gasteiger partial charge is 0.264 e. The SMILES string of the molecule is Cc1ccc(S(=O)(=O)N(CC(=O)N2c3ccccc3C[C@H]2C)c2cc(C)ccc2C)cc1. The average Bonchev–Trinajstić information content (AvgIpc) is 3.09. The highest BCUT2D eigenvalue weighted by Gasteiger charge is 2.35. The van der Waals surface area contributed by atoms with Crippen LogP contribution in [0.25, 0.3) is 0 Å². The van der Waals surface area contributed by atoms with Crippen LogP contribution in [-0.2, 0) is 21.2 Å². The van der Waals surface area contributed by atoms with Crippen molar-refractivity contribution in [3.63, 3.8) is 0 Å². The second kappa shape index (κ2) is 8.43. The average molecular weight is 449 g/mol. The third-order valence-electron chi connectivity index (χ3n) is 6.00. The summed E-state index contributed by atoms with van der Waals surface area (Å²) in [6, 6.07) is 20.2. The Kier molecular flexibility index (Phi) is 5.82. The third kappa shape index (κ3) is 4.02. The lowest BCUT2D eigenvalue weighted by atomic mass is 10.1. The maximum atomic E-state index is 13.7. The van der Waals surface area contributed by atoms with Crippen molar-refractivity contribution in [2.75, 3.05) is 15.7 Å². The summed E-state index contributed by atoms with van der Waals surface area (Å²) < 4.78 is 28.7. The molecule has 0 aliphatic carbocycles. The van der Waals surface area contributed by atoms with Gasteiger partial charge in [-0.1, -0.05) is 48.0 Å². The first-order valence-electron chi connectivity index (χ1n) is 10.7. The fourth-order valence-electron chi connectivity index (χ4n) is 4.27. The molecule has 1 heterocycles. The lowest BCUT2D eigenvalue weighted by Gasteiger charge is -2.30. The predicted molar refractivity (Wildman–Crippen MR) is 129 cm³/mol. The van der Waals surface area contributed by atoms with Crippen LogP contribution in [0.1, 0.15) is 29.2 Å². The van der Waals surface area contributed by atoms with Crippen LogP contribution in [0, 0.1) is 20.8 Å². The van der Waals surface area contributed by atoms with E-state index in [2.05, 4.69) is 0 Å². The molecule has 6 heteroatoms. The molecule has 1 aliphatic rings.